The predicted molar refractivity (Wildman–Crippen MR) is 64.0 cm³/mol. The number of hydrogen-bond donors (Lipinski definition) is 3. The molecule has 1 aromatic carbocycles. The van der Waals surface area contributed by atoms with E-state index in [4.69, 9.17) is 10.8 Å². The van der Waals surface area contributed by atoms with Crippen molar-refractivity contribution in [2.45, 2.75) is 18.1 Å². The Balaban J connectivity index is 2.44. The van der Waals surface area contributed by atoms with Crippen LogP contribution in [0.2, 0.25) is 0 Å². The van der Waals surface area contributed by atoms with Crippen molar-refractivity contribution in [3.8, 4) is 0 Å². The largest absolute Gasteiger partial charge is 0.480 e. The summed E-state index contributed by atoms with van der Waals surface area (Å²) in [5.41, 5.74) is 4.53. The number of anilines is 1. The number of nitrogens with two attached hydrogens (primary N) is 1. The molecule has 2 atom stereocenters. The molecule has 1 amide bonds. The van der Waals surface area contributed by atoms with E-state index in [1.807, 2.05) is 0 Å². The highest BCUT2D eigenvalue weighted by Crippen LogP contribution is 2.41. The van der Waals surface area contributed by atoms with Crippen LogP contribution in [-0.4, -0.2) is 35.2 Å². The fraction of sp³-hybridized carbons (Fsp3) is 0.333. The second-order valence-electron chi connectivity index (χ2n) is 4.39. The van der Waals surface area contributed by atoms with Crippen LogP contribution >= 0.6 is 0 Å². The smallest absolute Gasteiger partial charge is 0.320 e. The van der Waals surface area contributed by atoms with E-state index in [2.05, 4.69) is 0 Å². The monoisotopic (exact) mass is 250 g/mol. The van der Waals surface area contributed by atoms with Crippen LogP contribution in [-0.2, 0) is 15.2 Å². The lowest BCUT2D eigenvalue weighted by molar-refractivity contribution is -0.144. The summed E-state index contributed by atoms with van der Waals surface area (Å²) in [4.78, 5) is 24.1. The third-order valence-electron chi connectivity index (χ3n) is 3.20. The van der Waals surface area contributed by atoms with Crippen molar-refractivity contribution in [2.75, 3.05) is 11.9 Å². The van der Waals surface area contributed by atoms with E-state index in [0.717, 1.165) is 0 Å². The van der Waals surface area contributed by atoms with E-state index < -0.39 is 23.5 Å². The highest BCUT2D eigenvalue weighted by molar-refractivity contribution is 6.06. The SMILES string of the molecule is CN1C(=O)[C@](O)(C[C@H](N)C(=O)O)c2ccccc21. The van der Waals surface area contributed by atoms with Gasteiger partial charge in [0.25, 0.3) is 5.91 Å². The van der Waals surface area contributed by atoms with Gasteiger partial charge in [0, 0.05) is 19.0 Å². The van der Waals surface area contributed by atoms with Gasteiger partial charge in [-0.25, -0.2) is 0 Å². The number of likely N-dealkylation sites (N-methyl/N-ethyl adjacent to an activating group) is 1. The molecule has 0 fully saturated rings. The van der Waals surface area contributed by atoms with Crippen molar-refractivity contribution in [1.82, 2.24) is 0 Å². The van der Waals surface area contributed by atoms with Gasteiger partial charge in [-0.15, -0.1) is 0 Å². The fourth-order valence-electron chi connectivity index (χ4n) is 2.22. The third-order valence-corrected chi connectivity index (χ3v) is 3.20. The topological polar surface area (TPSA) is 104 Å². The minimum Gasteiger partial charge on any atom is -0.480 e. The Kier molecular flexibility index (Phi) is 2.84. The first-order valence-electron chi connectivity index (χ1n) is 5.46. The van der Waals surface area contributed by atoms with Gasteiger partial charge in [0.1, 0.15) is 6.04 Å². The van der Waals surface area contributed by atoms with Crippen molar-refractivity contribution in [3.05, 3.63) is 29.8 Å². The molecule has 1 aliphatic heterocycles. The average Bonchev–Trinajstić information content (AvgIpc) is 2.53. The number of hydrogen-bond acceptors (Lipinski definition) is 4. The maximum Gasteiger partial charge on any atom is 0.320 e. The lowest BCUT2D eigenvalue weighted by atomic mass is 9.88. The van der Waals surface area contributed by atoms with Crippen LogP contribution in [0.15, 0.2) is 24.3 Å². The molecule has 4 N–H and O–H groups in total. The van der Waals surface area contributed by atoms with E-state index in [-0.39, 0.29) is 6.42 Å². The van der Waals surface area contributed by atoms with Crippen LogP contribution < -0.4 is 10.6 Å². The van der Waals surface area contributed by atoms with Gasteiger partial charge in [0.15, 0.2) is 5.60 Å². The number of rotatable bonds is 3. The molecule has 0 spiro atoms. The van der Waals surface area contributed by atoms with Crippen LogP contribution in [0.5, 0.6) is 0 Å². The van der Waals surface area contributed by atoms with Crippen molar-refractivity contribution in [1.29, 1.82) is 0 Å². The molecule has 2 rings (SSSR count). The summed E-state index contributed by atoms with van der Waals surface area (Å²) in [6, 6.07) is 5.43. The molecule has 0 bridgehead atoms. The first kappa shape index (κ1) is 12.5. The third kappa shape index (κ3) is 1.66. The van der Waals surface area contributed by atoms with Gasteiger partial charge < -0.3 is 20.8 Å². The number of fused-ring (bicyclic) bond motifs is 1. The number of amides is 1. The number of aliphatic carboxylic acids is 1. The second kappa shape index (κ2) is 4.08. The Bertz CT molecular complexity index is 517. The Morgan fingerprint density at radius 1 is 1.50 bits per heavy atom. The molecule has 18 heavy (non-hydrogen) atoms. The molecule has 1 heterocycles. The summed E-state index contributed by atoms with van der Waals surface area (Å²) in [5, 5.41) is 19.3. The number of carboxylic acids is 1. The van der Waals surface area contributed by atoms with Gasteiger partial charge in [0.05, 0.1) is 5.69 Å². The first-order valence-corrected chi connectivity index (χ1v) is 5.46. The Labute approximate surface area is 104 Å². The molecule has 1 aromatic rings. The zero-order valence-electron chi connectivity index (χ0n) is 9.83. The van der Waals surface area contributed by atoms with Crippen LogP contribution in [0.3, 0.4) is 0 Å². The summed E-state index contributed by atoms with van der Waals surface area (Å²) in [5.74, 6) is -1.80. The number of aliphatic hydroxyl groups is 1. The molecule has 0 saturated carbocycles. The minimum absolute atomic E-state index is 0.345. The zero-order chi connectivity index (χ0) is 13.5. The van der Waals surface area contributed by atoms with Gasteiger partial charge in [-0.05, 0) is 6.07 Å². The van der Waals surface area contributed by atoms with E-state index >= 15 is 0 Å². The maximum absolute atomic E-state index is 12.1. The van der Waals surface area contributed by atoms with Gasteiger partial charge in [-0.2, -0.15) is 0 Å². The lowest BCUT2D eigenvalue weighted by Crippen LogP contribution is -2.45. The molecule has 0 unspecified atom stereocenters. The number of para-hydroxylation sites is 1. The van der Waals surface area contributed by atoms with Crippen LogP contribution in [0.25, 0.3) is 0 Å². The quantitative estimate of drug-likeness (QED) is 0.680. The predicted octanol–water partition coefficient (Wildman–Crippen LogP) is -0.347. The normalized spacial score (nSPS) is 23.9. The van der Waals surface area contributed by atoms with E-state index in [1.54, 1.807) is 24.3 Å². The van der Waals surface area contributed by atoms with Crippen molar-refractivity contribution in [3.63, 3.8) is 0 Å². The van der Waals surface area contributed by atoms with Crippen LogP contribution in [0.1, 0.15) is 12.0 Å². The molecule has 6 heteroatoms. The van der Waals surface area contributed by atoms with Gasteiger partial charge >= 0.3 is 5.97 Å². The van der Waals surface area contributed by atoms with Crippen LogP contribution in [0, 0.1) is 0 Å². The number of carbonyl (C=O) groups excluding carboxylic acids is 1. The summed E-state index contributed by atoms with van der Waals surface area (Å²) < 4.78 is 0. The standard InChI is InChI=1S/C12H14N2O4/c1-14-9-5-3-2-4-7(9)12(18,11(14)17)6-8(13)10(15)16/h2-5,8,18H,6,13H2,1H3,(H,15,16)/t8-,12-/m0/s1. The summed E-state index contributed by atoms with van der Waals surface area (Å²) in [6.45, 7) is 0. The Morgan fingerprint density at radius 2 is 2.11 bits per heavy atom. The molecule has 0 saturated heterocycles. The second-order valence-corrected chi connectivity index (χ2v) is 4.39. The average molecular weight is 250 g/mol. The maximum atomic E-state index is 12.1. The zero-order valence-corrected chi connectivity index (χ0v) is 9.83. The van der Waals surface area contributed by atoms with Crippen LogP contribution in [0.4, 0.5) is 5.69 Å². The highest BCUT2D eigenvalue weighted by Gasteiger charge is 2.49. The summed E-state index contributed by atoms with van der Waals surface area (Å²) >= 11 is 0. The lowest BCUT2D eigenvalue weighted by Gasteiger charge is -2.23. The van der Waals surface area contributed by atoms with Gasteiger partial charge in [0.2, 0.25) is 0 Å². The molecule has 96 valence electrons. The minimum atomic E-state index is -1.86. The molecular weight excluding hydrogens is 236 g/mol. The molecule has 0 radical (unpaired) electrons. The molecule has 0 aliphatic carbocycles. The Hall–Kier alpha value is -1.92. The summed E-state index contributed by atoms with van der Waals surface area (Å²) in [7, 11) is 1.53. The first-order chi connectivity index (χ1) is 8.38. The highest BCUT2D eigenvalue weighted by atomic mass is 16.4. The molecule has 0 aromatic heterocycles. The molecular formula is C12H14N2O4. The fourth-order valence-corrected chi connectivity index (χ4v) is 2.22. The Morgan fingerprint density at radius 3 is 2.72 bits per heavy atom. The molecule has 6 nitrogen and oxygen atoms in total. The van der Waals surface area contributed by atoms with Crippen molar-refractivity contribution < 1.29 is 19.8 Å². The number of carbonyl (C=O) groups is 2. The van der Waals surface area contributed by atoms with Crippen molar-refractivity contribution >= 4 is 17.6 Å². The number of benzene rings is 1. The molecule has 1 aliphatic rings. The number of carboxylic acid groups (broad SMARTS) is 1. The van der Waals surface area contributed by atoms with E-state index in [1.165, 1.54) is 11.9 Å². The van der Waals surface area contributed by atoms with E-state index in [9.17, 15) is 14.7 Å². The van der Waals surface area contributed by atoms with E-state index in [0.29, 0.717) is 11.3 Å². The van der Waals surface area contributed by atoms with Crippen molar-refractivity contribution in [2.24, 2.45) is 5.73 Å². The van der Waals surface area contributed by atoms with Gasteiger partial charge in [-0.3, -0.25) is 9.59 Å². The van der Waals surface area contributed by atoms with Gasteiger partial charge in [-0.1, -0.05) is 18.2 Å². The number of nitrogens with zero attached hydrogens (tertiary/aromatic N) is 1. The summed E-state index contributed by atoms with van der Waals surface area (Å²) in [6.07, 6.45) is -0.345.